The van der Waals surface area contributed by atoms with E-state index in [0.29, 0.717) is 12.1 Å². The molecule has 0 saturated carbocycles. The summed E-state index contributed by atoms with van der Waals surface area (Å²) in [6.45, 7) is 3.80. The average Bonchev–Trinajstić information content (AvgIpc) is 2.78. The monoisotopic (exact) mass is 285 g/mol. The number of rotatable bonds is 4. The maximum absolute atomic E-state index is 13.9. The molecule has 1 atom stereocenters. The van der Waals surface area contributed by atoms with E-state index in [9.17, 15) is 4.39 Å². The summed E-state index contributed by atoms with van der Waals surface area (Å²) in [7, 11) is 0. The van der Waals surface area contributed by atoms with Crippen LogP contribution in [0, 0.1) is 5.82 Å². The maximum atomic E-state index is 13.9. The summed E-state index contributed by atoms with van der Waals surface area (Å²) in [5.74, 6) is -0.145. The van der Waals surface area contributed by atoms with Crippen molar-refractivity contribution in [3.05, 3.63) is 39.2 Å². The van der Waals surface area contributed by atoms with Gasteiger partial charge in [-0.25, -0.2) is 14.4 Å². The summed E-state index contributed by atoms with van der Waals surface area (Å²) in [6.07, 6.45) is 1.92. The fourth-order valence-corrected chi connectivity index (χ4v) is 2.65. The zero-order chi connectivity index (χ0) is 13.1. The molecular formula is C12H13ClFN3S. The van der Waals surface area contributed by atoms with Crippen molar-refractivity contribution in [2.45, 2.75) is 26.3 Å². The quantitative estimate of drug-likeness (QED) is 0.920. The lowest BCUT2D eigenvalue weighted by Gasteiger charge is -2.14. The Kier molecular flexibility index (Phi) is 4.14. The molecule has 0 aliphatic heterocycles. The standard InChI is InChI=1S/C12H13ClFN3S/c1-3-8-11(14)12(16-6-15-8)17-7(2)9-4-5-10(13)18-9/h4-7H,3H2,1-2H3,(H,15,16,17). The SMILES string of the molecule is CCc1ncnc(NC(C)c2ccc(Cl)s2)c1F. The van der Waals surface area contributed by atoms with Gasteiger partial charge in [0, 0.05) is 4.88 Å². The van der Waals surface area contributed by atoms with Gasteiger partial charge in [-0.2, -0.15) is 0 Å². The van der Waals surface area contributed by atoms with Gasteiger partial charge in [-0.05, 0) is 25.5 Å². The van der Waals surface area contributed by atoms with Crippen molar-refractivity contribution >= 4 is 28.8 Å². The number of nitrogens with one attached hydrogen (secondary N) is 1. The molecular weight excluding hydrogens is 273 g/mol. The average molecular weight is 286 g/mol. The van der Waals surface area contributed by atoms with Crippen molar-refractivity contribution in [3.8, 4) is 0 Å². The van der Waals surface area contributed by atoms with E-state index in [1.54, 1.807) is 0 Å². The molecule has 0 radical (unpaired) electrons. The number of aryl methyl sites for hydroxylation is 1. The molecule has 18 heavy (non-hydrogen) atoms. The predicted molar refractivity (Wildman–Crippen MR) is 72.7 cm³/mol. The smallest absolute Gasteiger partial charge is 0.186 e. The minimum absolute atomic E-state index is 0.0448. The summed E-state index contributed by atoms with van der Waals surface area (Å²) in [5.41, 5.74) is 0.420. The Morgan fingerprint density at radius 3 is 2.83 bits per heavy atom. The van der Waals surface area contributed by atoms with Gasteiger partial charge in [-0.15, -0.1) is 11.3 Å². The zero-order valence-electron chi connectivity index (χ0n) is 10.1. The van der Waals surface area contributed by atoms with Gasteiger partial charge in [0.2, 0.25) is 0 Å². The minimum Gasteiger partial charge on any atom is -0.360 e. The molecule has 0 saturated heterocycles. The maximum Gasteiger partial charge on any atom is 0.186 e. The van der Waals surface area contributed by atoms with Crippen LogP contribution in [-0.4, -0.2) is 9.97 Å². The van der Waals surface area contributed by atoms with E-state index in [-0.39, 0.29) is 17.7 Å². The fourth-order valence-electron chi connectivity index (χ4n) is 1.59. The van der Waals surface area contributed by atoms with Crippen molar-refractivity contribution in [3.63, 3.8) is 0 Å². The Morgan fingerprint density at radius 1 is 1.44 bits per heavy atom. The van der Waals surface area contributed by atoms with Crippen LogP contribution in [0.3, 0.4) is 0 Å². The van der Waals surface area contributed by atoms with Crippen molar-refractivity contribution in [1.82, 2.24) is 9.97 Å². The third kappa shape index (κ3) is 2.79. The minimum atomic E-state index is -0.380. The van der Waals surface area contributed by atoms with Gasteiger partial charge in [-0.3, -0.25) is 0 Å². The van der Waals surface area contributed by atoms with Crippen LogP contribution in [0.5, 0.6) is 0 Å². The summed E-state index contributed by atoms with van der Waals surface area (Å²) in [4.78, 5) is 8.87. The Hall–Kier alpha value is -1.20. The molecule has 2 heterocycles. The Balaban J connectivity index is 2.19. The summed E-state index contributed by atoms with van der Waals surface area (Å²) in [5, 5.41) is 3.04. The van der Waals surface area contributed by atoms with E-state index in [1.807, 2.05) is 26.0 Å². The lowest BCUT2D eigenvalue weighted by atomic mass is 10.2. The van der Waals surface area contributed by atoms with Gasteiger partial charge in [0.15, 0.2) is 11.6 Å². The Morgan fingerprint density at radius 2 is 2.22 bits per heavy atom. The molecule has 0 aliphatic carbocycles. The van der Waals surface area contributed by atoms with Crippen LogP contribution in [0.15, 0.2) is 18.5 Å². The second-order valence-electron chi connectivity index (χ2n) is 3.84. The first-order valence-electron chi connectivity index (χ1n) is 5.63. The highest BCUT2D eigenvalue weighted by atomic mass is 35.5. The van der Waals surface area contributed by atoms with Crippen LogP contribution in [0.25, 0.3) is 0 Å². The van der Waals surface area contributed by atoms with E-state index in [4.69, 9.17) is 11.6 Å². The van der Waals surface area contributed by atoms with Gasteiger partial charge in [0.05, 0.1) is 16.1 Å². The molecule has 3 nitrogen and oxygen atoms in total. The number of anilines is 1. The molecule has 0 bridgehead atoms. The van der Waals surface area contributed by atoms with Gasteiger partial charge in [0.25, 0.3) is 0 Å². The number of halogens is 2. The van der Waals surface area contributed by atoms with E-state index in [2.05, 4.69) is 15.3 Å². The summed E-state index contributed by atoms with van der Waals surface area (Å²) in [6, 6.07) is 3.70. The predicted octanol–water partition coefficient (Wildman–Crippen LogP) is 4.07. The molecule has 0 fully saturated rings. The molecule has 2 rings (SSSR count). The van der Waals surface area contributed by atoms with Crippen LogP contribution < -0.4 is 5.32 Å². The number of aromatic nitrogens is 2. The first-order valence-corrected chi connectivity index (χ1v) is 6.82. The number of nitrogens with zero attached hydrogens (tertiary/aromatic N) is 2. The summed E-state index contributed by atoms with van der Waals surface area (Å²) < 4.78 is 14.7. The van der Waals surface area contributed by atoms with E-state index < -0.39 is 0 Å². The molecule has 1 N–H and O–H groups in total. The molecule has 0 spiro atoms. The third-order valence-corrected chi connectivity index (χ3v) is 3.98. The highest BCUT2D eigenvalue weighted by Gasteiger charge is 2.14. The van der Waals surface area contributed by atoms with Crippen LogP contribution in [0.1, 0.15) is 30.5 Å². The molecule has 96 valence electrons. The number of hydrogen-bond donors (Lipinski definition) is 1. The second kappa shape index (κ2) is 5.63. The molecule has 2 aromatic heterocycles. The first-order chi connectivity index (χ1) is 8.61. The van der Waals surface area contributed by atoms with Crippen molar-refractivity contribution in [2.75, 3.05) is 5.32 Å². The first kappa shape index (κ1) is 13.2. The van der Waals surface area contributed by atoms with Crippen LogP contribution in [-0.2, 0) is 6.42 Å². The second-order valence-corrected chi connectivity index (χ2v) is 5.59. The van der Waals surface area contributed by atoms with Crippen molar-refractivity contribution < 1.29 is 4.39 Å². The van der Waals surface area contributed by atoms with Gasteiger partial charge < -0.3 is 5.32 Å². The van der Waals surface area contributed by atoms with Crippen molar-refractivity contribution in [2.24, 2.45) is 0 Å². The summed E-state index contributed by atoms with van der Waals surface area (Å²) >= 11 is 7.35. The van der Waals surface area contributed by atoms with Crippen LogP contribution in [0.2, 0.25) is 4.34 Å². The molecule has 1 unspecified atom stereocenters. The Labute approximate surface area is 114 Å². The molecule has 6 heteroatoms. The zero-order valence-corrected chi connectivity index (χ0v) is 11.6. The van der Waals surface area contributed by atoms with Gasteiger partial charge in [0.1, 0.15) is 6.33 Å². The van der Waals surface area contributed by atoms with Crippen LogP contribution >= 0.6 is 22.9 Å². The van der Waals surface area contributed by atoms with E-state index in [1.165, 1.54) is 17.7 Å². The van der Waals surface area contributed by atoms with Gasteiger partial charge in [-0.1, -0.05) is 18.5 Å². The normalized spacial score (nSPS) is 12.4. The Bertz CT molecular complexity index is 544. The lowest BCUT2D eigenvalue weighted by molar-refractivity contribution is 0.594. The lowest BCUT2D eigenvalue weighted by Crippen LogP contribution is -2.10. The highest BCUT2D eigenvalue weighted by molar-refractivity contribution is 7.16. The van der Waals surface area contributed by atoms with Crippen LogP contribution in [0.4, 0.5) is 10.2 Å². The number of hydrogen-bond acceptors (Lipinski definition) is 4. The third-order valence-electron chi connectivity index (χ3n) is 2.57. The molecule has 0 aliphatic rings. The van der Waals surface area contributed by atoms with Crippen molar-refractivity contribution in [1.29, 1.82) is 0 Å². The van der Waals surface area contributed by atoms with E-state index in [0.717, 1.165) is 9.21 Å². The molecule has 0 aromatic carbocycles. The van der Waals surface area contributed by atoms with Gasteiger partial charge >= 0.3 is 0 Å². The molecule has 2 aromatic rings. The largest absolute Gasteiger partial charge is 0.360 e. The topological polar surface area (TPSA) is 37.8 Å². The van der Waals surface area contributed by atoms with E-state index >= 15 is 0 Å². The molecule has 0 amide bonds. The number of thiophene rings is 1. The highest BCUT2D eigenvalue weighted by Crippen LogP contribution is 2.29. The fraction of sp³-hybridized carbons (Fsp3) is 0.333.